The number of aliphatic hydroxyl groups excluding tert-OH is 6. The minimum absolute atomic E-state index is 0.0728. The number of esters is 1. The molecular formula is C13H26NO9+. The zero-order valence-corrected chi connectivity index (χ0v) is 13.0. The fourth-order valence-electron chi connectivity index (χ4n) is 2.32. The van der Waals surface area contributed by atoms with Crippen LogP contribution in [0.1, 0.15) is 0 Å². The Hall–Kier alpha value is -0.850. The third-order valence-electron chi connectivity index (χ3n) is 3.98. The Balaban J connectivity index is 2.52. The molecule has 1 heterocycles. The van der Waals surface area contributed by atoms with Crippen LogP contribution >= 0.6 is 0 Å². The number of quaternary nitrogens is 1. The van der Waals surface area contributed by atoms with E-state index in [0.717, 1.165) is 0 Å². The quantitative estimate of drug-likeness (QED) is 0.190. The van der Waals surface area contributed by atoms with Crippen LogP contribution in [0.15, 0.2) is 0 Å². The van der Waals surface area contributed by atoms with Crippen molar-refractivity contribution in [3.05, 3.63) is 0 Å². The summed E-state index contributed by atoms with van der Waals surface area (Å²) < 4.78 is 10.00. The number of ether oxygens (including phenoxy) is 2. The van der Waals surface area contributed by atoms with Crippen LogP contribution in [0, 0.1) is 0 Å². The molecule has 1 fully saturated rings. The third-order valence-corrected chi connectivity index (χ3v) is 3.98. The minimum atomic E-state index is -1.81. The van der Waals surface area contributed by atoms with Gasteiger partial charge in [-0.05, 0) is 0 Å². The van der Waals surface area contributed by atoms with Gasteiger partial charge in [0.1, 0.15) is 44.6 Å². The first-order valence-electron chi connectivity index (χ1n) is 7.35. The number of hydrogen-bond donors (Lipinski definition) is 6. The molecule has 0 amide bonds. The summed E-state index contributed by atoms with van der Waals surface area (Å²) in [7, 11) is 1.77. The number of carbonyl (C=O) groups excluding carboxylic acids is 1. The first-order valence-corrected chi connectivity index (χ1v) is 7.35. The van der Waals surface area contributed by atoms with Gasteiger partial charge in [-0.3, -0.25) is 0 Å². The summed E-state index contributed by atoms with van der Waals surface area (Å²) in [5.41, 5.74) is 0. The highest BCUT2D eigenvalue weighted by molar-refractivity contribution is 5.75. The highest BCUT2D eigenvalue weighted by Gasteiger charge is 2.47. The van der Waals surface area contributed by atoms with Crippen LogP contribution in [0.25, 0.3) is 0 Å². The van der Waals surface area contributed by atoms with E-state index in [9.17, 15) is 25.2 Å². The zero-order valence-electron chi connectivity index (χ0n) is 13.0. The SMILES string of the molecule is C[N+](CCO)(CCO)CCOC(=O)[C@H]1O[C@@H](O)[C@@H](O)[C@@H](O)C1O. The van der Waals surface area contributed by atoms with Crippen molar-refractivity contribution in [2.75, 3.05) is 46.5 Å². The van der Waals surface area contributed by atoms with E-state index in [1.165, 1.54) is 0 Å². The number of rotatable bonds is 8. The maximum atomic E-state index is 11.9. The molecule has 1 saturated heterocycles. The molecule has 10 heteroatoms. The van der Waals surface area contributed by atoms with Gasteiger partial charge in [0.2, 0.25) is 0 Å². The van der Waals surface area contributed by atoms with Gasteiger partial charge in [0.15, 0.2) is 12.4 Å². The lowest BCUT2D eigenvalue weighted by atomic mass is 9.99. The molecule has 0 spiro atoms. The summed E-state index contributed by atoms with van der Waals surface area (Å²) in [5.74, 6) is -0.984. The van der Waals surface area contributed by atoms with Crippen LogP contribution in [0.5, 0.6) is 0 Å². The van der Waals surface area contributed by atoms with Crippen molar-refractivity contribution in [2.24, 2.45) is 0 Å². The Labute approximate surface area is 133 Å². The molecule has 10 nitrogen and oxygen atoms in total. The fourth-order valence-corrected chi connectivity index (χ4v) is 2.32. The van der Waals surface area contributed by atoms with Crippen LogP contribution in [0.2, 0.25) is 0 Å². The van der Waals surface area contributed by atoms with Crippen molar-refractivity contribution in [3.8, 4) is 0 Å². The molecule has 0 radical (unpaired) electrons. The van der Waals surface area contributed by atoms with Crippen molar-refractivity contribution in [3.63, 3.8) is 0 Å². The maximum Gasteiger partial charge on any atom is 0.338 e. The van der Waals surface area contributed by atoms with Gasteiger partial charge in [-0.25, -0.2) is 4.79 Å². The summed E-state index contributed by atoms with van der Waals surface area (Å²) >= 11 is 0. The first-order chi connectivity index (χ1) is 10.8. The van der Waals surface area contributed by atoms with E-state index in [2.05, 4.69) is 0 Å². The van der Waals surface area contributed by atoms with Crippen molar-refractivity contribution < 1.29 is 49.4 Å². The monoisotopic (exact) mass is 340 g/mol. The summed E-state index contributed by atoms with van der Waals surface area (Å²) in [6, 6.07) is 0. The number of likely N-dealkylation sites (N-methyl/N-ethyl adjacent to an activating group) is 1. The van der Waals surface area contributed by atoms with E-state index in [0.29, 0.717) is 19.6 Å². The smallest absolute Gasteiger partial charge is 0.338 e. The third kappa shape index (κ3) is 5.33. The molecule has 1 unspecified atom stereocenters. The van der Waals surface area contributed by atoms with Crippen LogP contribution in [0.3, 0.4) is 0 Å². The lowest BCUT2D eigenvalue weighted by Crippen LogP contribution is -2.60. The van der Waals surface area contributed by atoms with Gasteiger partial charge in [0.05, 0.1) is 20.3 Å². The number of nitrogens with zero attached hydrogens (tertiary/aromatic N) is 1. The zero-order chi connectivity index (χ0) is 17.6. The predicted molar refractivity (Wildman–Crippen MR) is 74.8 cm³/mol. The highest BCUT2D eigenvalue weighted by atomic mass is 16.7. The lowest BCUT2D eigenvalue weighted by Gasteiger charge is -2.37. The van der Waals surface area contributed by atoms with Crippen molar-refractivity contribution >= 4 is 5.97 Å². The Kier molecular flexibility index (Phi) is 7.77. The molecule has 0 aliphatic carbocycles. The fraction of sp³-hybridized carbons (Fsp3) is 0.923. The Morgan fingerprint density at radius 1 is 1.00 bits per heavy atom. The predicted octanol–water partition coefficient (Wildman–Crippen LogP) is -4.24. The van der Waals surface area contributed by atoms with Gasteiger partial charge >= 0.3 is 5.97 Å². The standard InChI is InChI=1S/C13H26NO9/c1-14(2-5-15,3-6-16)4-7-22-13(21)11-9(18)8(17)10(19)12(20)23-11/h8-12,15-20H,2-7H2,1H3/q+1/t8-,9?,10-,11-,12+/m0/s1. The second-order valence-corrected chi connectivity index (χ2v) is 5.82. The van der Waals surface area contributed by atoms with Crippen molar-refractivity contribution in [2.45, 2.75) is 30.7 Å². The number of carbonyl (C=O) groups is 1. The van der Waals surface area contributed by atoms with Crippen LogP contribution in [-0.4, -0.2) is 118 Å². The average molecular weight is 340 g/mol. The number of hydrogen-bond acceptors (Lipinski definition) is 9. The van der Waals surface area contributed by atoms with Gasteiger partial charge in [-0.1, -0.05) is 0 Å². The molecule has 136 valence electrons. The van der Waals surface area contributed by atoms with E-state index in [-0.39, 0.29) is 24.3 Å². The van der Waals surface area contributed by atoms with E-state index >= 15 is 0 Å². The lowest BCUT2D eigenvalue weighted by molar-refractivity contribution is -0.910. The number of aliphatic hydroxyl groups is 6. The van der Waals surface area contributed by atoms with Gasteiger partial charge in [-0.15, -0.1) is 0 Å². The van der Waals surface area contributed by atoms with Gasteiger partial charge < -0.3 is 44.6 Å². The Bertz CT molecular complexity index is 374. The second kappa shape index (κ2) is 8.85. The minimum Gasteiger partial charge on any atom is -0.458 e. The van der Waals surface area contributed by atoms with E-state index in [1.54, 1.807) is 7.05 Å². The highest BCUT2D eigenvalue weighted by Crippen LogP contribution is 2.20. The van der Waals surface area contributed by atoms with E-state index in [4.69, 9.17) is 19.7 Å². The molecule has 0 saturated carbocycles. The molecular weight excluding hydrogens is 314 g/mol. The summed E-state index contributed by atoms with van der Waals surface area (Å²) in [6.45, 7) is 0.783. The Morgan fingerprint density at radius 2 is 1.57 bits per heavy atom. The molecule has 23 heavy (non-hydrogen) atoms. The maximum absolute atomic E-state index is 11.9. The molecule has 6 N–H and O–H groups in total. The molecule has 0 aromatic heterocycles. The van der Waals surface area contributed by atoms with Gasteiger partial charge in [-0.2, -0.15) is 0 Å². The van der Waals surface area contributed by atoms with E-state index < -0.39 is 36.7 Å². The van der Waals surface area contributed by atoms with Crippen LogP contribution in [0.4, 0.5) is 0 Å². The molecule has 0 bridgehead atoms. The first kappa shape index (κ1) is 20.2. The second-order valence-electron chi connectivity index (χ2n) is 5.82. The van der Waals surface area contributed by atoms with Crippen molar-refractivity contribution in [1.82, 2.24) is 0 Å². The molecule has 0 aromatic rings. The molecule has 1 rings (SSSR count). The molecule has 1 aliphatic heterocycles. The molecule has 1 aliphatic rings. The summed E-state index contributed by atoms with van der Waals surface area (Å²) in [4.78, 5) is 11.9. The summed E-state index contributed by atoms with van der Waals surface area (Å²) in [5, 5.41) is 56.0. The van der Waals surface area contributed by atoms with E-state index in [1.807, 2.05) is 0 Å². The van der Waals surface area contributed by atoms with Gasteiger partial charge in [0.25, 0.3) is 0 Å². The van der Waals surface area contributed by atoms with Gasteiger partial charge in [0, 0.05) is 0 Å². The Morgan fingerprint density at radius 3 is 2.09 bits per heavy atom. The summed E-state index contributed by atoms with van der Waals surface area (Å²) in [6.07, 6.45) is -8.60. The normalized spacial score (nSPS) is 31.9. The largest absolute Gasteiger partial charge is 0.458 e. The average Bonchev–Trinajstić information content (AvgIpc) is 2.49. The van der Waals surface area contributed by atoms with Crippen LogP contribution < -0.4 is 0 Å². The molecule has 5 atom stereocenters. The topological polar surface area (TPSA) is 157 Å². The van der Waals surface area contributed by atoms with Crippen LogP contribution in [-0.2, 0) is 14.3 Å². The van der Waals surface area contributed by atoms with Crippen molar-refractivity contribution in [1.29, 1.82) is 0 Å². The molecule has 0 aromatic carbocycles.